The van der Waals surface area contributed by atoms with Crippen molar-refractivity contribution in [3.63, 3.8) is 0 Å². The maximum absolute atomic E-state index is 13.2. The first-order valence-electron chi connectivity index (χ1n) is 13.0. The summed E-state index contributed by atoms with van der Waals surface area (Å²) in [6, 6.07) is -3.43. The number of carbonyl (C=O) groups excluding carboxylic acids is 5. The zero-order valence-electron chi connectivity index (χ0n) is 25.0. The summed E-state index contributed by atoms with van der Waals surface area (Å²) >= 11 is 0. The number of amides is 2. The highest BCUT2D eigenvalue weighted by atomic mass is 16.6. The van der Waals surface area contributed by atoms with E-state index >= 15 is 0 Å². The summed E-state index contributed by atoms with van der Waals surface area (Å²) in [6.45, 7) is 18.8. The number of rotatable bonds is 13. The van der Waals surface area contributed by atoms with Gasteiger partial charge in [-0.2, -0.15) is 0 Å². The van der Waals surface area contributed by atoms with Crippen LogP contribution in [0.5, 0.6) is 0 Å². The van der Waals surface area contributed by atoms with E-state index in [-0.39, 0.29) is 31.8 Å². The van der Waals surface area contributed by atoms with Crippen molar-refractivity contribution < 1.29 is 38.2 Å². The molecule has 2 amide bonds. The largest absolute Gasteiger partial charge is 0.460 e. The molecule has 38 heavy (non-hydrogen) atoms. The van der Waals surface area contributed by atoms with Gasteiger partial charge in [-0.25, -0.2) is 4.79 Å². The Kier molecular flexibility index (Phi) is 13.6. The van der Waals surface area contributed by atoms with E-state index in [0.29, 0.717) is 0 Å². The number of ketones is 1. The van der Waals surface area contributed by atoms with Crippen LogP contribution in [0.4, 0.5) is 0 Å². The summed E-state index contributed by atoms with van der Waals surface area (Å²) in [6.07, 6.45) is 0.198. The lowest BCUT2D eigenvalue weighted by atomic mass is 10.0. The fourth-order valence-electron chi connectivity index (χ4n) is 3.04. The minimum Gasteiger partial charge on any atom is -0.460 e. The number of nitrogens with two attached hydrogens (primary N) is 1. The molecule has 0 bridgehead atoms. The quantitative estimate of drug-likeness (QED) is 0.233. The highest BCUT2D eigenvalue weighted by molar-refractivity contribution is 6.36. The number of carbonyl (C=O) groups is 5. The maximum atomic E-state index is 13.2. The molecule has 3 atom stereocenters. The minimum absolute atomic E-state index is 0.00475. The number of hydrogen-bond acceptors (Lipinski definition) is 9. The first-order valence-corrected chi connectivity index (χ1v) is 13.0. The van der Waals surface area contributed by atoms with E-state index in [2.05, 4.69) is 10.6 Å². The van der Waals surface area contributed by atoms with Crippen LogP contribution in [-0.2, 0) is 38.2 Å². The second-order valence-corrected chi connectivity index (χ2v) is 12.8. The van der Waals surface area contributed by atoms with E-state index in [0.717, 1.165) is 0 Å². The fourth-order valence-corrected chi connectivity index (χ4v) is 3.04. The number of nitrogens with one attached hydrogen (secondary N) is 2. The molecule has 0 saturated heterocycles. The summed E-state index contributed by atoms with van der Waals surface area (Å²) < 4.78 is 16.1. The van der Waals surface area contributed by atoms with Gasteiger partial charge in [-0.3, -0.25) is 19.2 Å². The third-order valence-corrected chi connectivity index (χ3v) is 4.67. The van der Waals surface area contributed by atoms with E-state index in [1.165, 1.54) is 0 Å². The topological polar surface area (TPSA) is 163 Å². The van der Waals surface area contributed by atoms with Gasteiger partial charge in [0, 0.05) is 6.42 Å². The Morgan fingerprint density at radius 1 is 0.737 bits per heavy atom. The van der Waals surface area contributed by atoms with Crippen LogP contribution in [0.2, 0.25) is 0 Å². The Balaban J connectivity index is 5.54. The monoisotopic (exact) mass is 543 g/mol. The molecule has 0 aliphatic carbocycles. The summed E-state index contributed by atoms with van der Waals surface area (Å²) in [5.74, 6) is -3.87. The Morgan fingerprint density at radius 3 is 1.68 bits per heavy atom. The van der Waals surface area contributed by atoms with Gasteiger partial charge in [-0.15, -0.1) is 0 Å². The van der Waals surface area contributed by atoms with Gasteiger partial charge in [0.1, 0.15) is 23.3 Å². The van der Waals surface area contributed by atoms with Crippen molar-refractivity contribution in [2.75, 3.05) is 6.61 Å². The van der Waals surface area contributed by atoms with Crippen LogP contribution in [0.25, 0.3) is 0 Å². The molecular weight excluding hydrogens is 494 g/mol. The average Bonchev–Trinajstić information content (AvgIpc) is 2.70. The Labute approximate surface area is 227 Å². The molecule has 0 fully saturated rings. The van der Waals surface area contributed by atoms with Crippen LogP contribution in [0.15, 0.2) is 0 Å². The summed E-state index contributed by atoms with van der Waals surface area (Å²) in [4.78, 5) is 63.2. The molecule has 11 heteroatoms. The van der Waals surface area contributed by atoms with Crippen molar-refractivity contribution in [3.05, 3.63) is 0 Å². The lowest BCUT2D eigenvalue weighted by molar-refractivity contribution is -0.164. The molecule has 0 rings (SSSR count). The predicted molar refractivity (Wildman–Crippen MR) is 143 cm³/mol. The van der Waals surface area contributed by atoms with E-state index < -0.39 is 64.5 Å². The number of Topliss-reactive ketones (excluding diaryl/α,β-unsaturated/α-hetero) is 1. The average molecular weight is 544 g/mol. The highest BCUT2D eigenvalue weighted by Crippen LogP contribution is 2.13. The van der Waals surface area contributed by atoms with Crippen molar-refractivity contribution in [2.45, 2.75) is 130 Å². The molecule has 0 aromatic heterocycles. The molecule has 11 nitrogen and oxygen atoms in total. The van der Waals surface area contributed by atoms with Crippen LogP contribution in [0.1, 0.15) is 95.4 Å². The molecule has 0 aliphatic rings. The van der Waals surface area contributed by atoms with Gasteiger partial charge >= 0.3 is 11.9 Å². The van der Waals surface area contributed by atoms with Gasteiger partial charge in [0.25, 0.3) is 5.78 Å². The van der Waals surface area contributed by atoms with Crippen molar-refractivity contribution in [3.8, 4) is 0 Å². The molecule has 0 aliphatic heterocycles. The second-order valence-electron chi connectivity index (χ2n) is 12.8. The van der Waals surface area contributed by atoms with Crippen molar-refractivity contribution in [1.29, 1.82) is 0 Å². The third kappa shape index (κ3) is 16.3. The van der Waals surface area contributed by atoms with E-state index in [1.54, 1.807) is 62.3 Å². The predicted octanol–water partition coefficient (Wildman–Crippen LogP) is 2.18. The van der Waals surface area contributed by atoms with E-state index in [9.17, 15) is 24.0 Å². The number of hydrogen-bond donors (Lipinski definition) is 3. The van der Waals surface area contributed by atoms with Gasteiger partial charge in [-0.1, -0.05) is 13.8 Å². The molecule has 0 unspecified atom stereocenters. The fraction of sp³-hybridized carbons (Fsp3) is 0.815. The Bertz CT molecular complexity index is 835. The Morgan fingerprint density at radius 2 is 1.24 bits per heavy atom. The van der Waals surface area contributed by atoms with Gasteiger partial charge < -0.3 is 30.6 Å². The van der Waals surface area contributed by atoms with E-state index in [4.69, 9.17) is 19.9 Å². The van der Waals surface area contributed by atoms with Crippen LogP contribution in [-0.4, -0.2) is 71.1 Å². The zero-order chi connectivity index (χ0) is 30.1. The van der Waals surface area contributed by atoms with Gasteiger partial charge in [0.2, 0.25) is 11.8 Å². The Hall–Kier alpha value is -2.53. The summed E-state index contributed by atoms with van der Waals surface area (Å²) in [7, 11) is 0. The molecule has 0 aromatic rings. The van der Waals surface area contributed by atoms with Crippen molar-refractivity contribution in [1.82, 2.24) is 10.6 Å². The number of ether oxygens (including phenoxy) is 3. The zero-order valence-corrected chi connectivity index (χ0v) is 25.0. The SMILES string of the molecule is CC(C)C[C@H](NC(=O)[C@@H](N)CCC(=O)OC(C)(C)C)C(=O)N[C@@H](COC(C)(C)C)C(=O)C(=O)OC(C)(C)C. The molecule has 0 saturated carbocycles. The third-order valence-electron chi connectivity index (χ3n) is 4.67. The molecule has 4 N–H and O–H groups in total. The molecule has 0 radical (unpaired) electrons. The molecule has 0 heterocycles. The first kappa shape index (κ1) is 35.5. The smallest absolute Gasteiger partial charge is 0.377 e. The van der Waals surface area contributed by atoms with E-state index in [1.807, 2.05) is 13.8 Å². The molecule has 0 spiro atoms. The van der Waals surface area contributed by atoms with Gasteiger partial charge in [0.15, 0.2) is 0 Å². The molecule has 0 aromatic carbocycles. The van der Waals surface area contributed by atoms with Gasteiger partial charge in [0.05, 0.1) is 18.2 Å². The van der Waals surface area contributed by atoms with Gasteiger partial charge in [-0.05, 0) is 81.1 Å². The first-order chi connectivity index (χ1) is 17.0. The number of esters is 2. The molecular formula is C27H49N3O8. The van der Waals surface area contributed by atoms with Crippen molar-refractivity contribution in [2.24, 2.45) is 11.7 Å². The van der Waals surface area contributed by atoms with Crippen LogP contribution in [0.3, 0.4) is 0 Å². The normalized spacial score (nSPS) is 14.8. The summed E-state index contributed by atoms with van der Waals surface area (Å²) in [5.41, 5.74) is 3.75. The van der Waals surface area contributed by atoms with Crippen LogP contribution < -0.4 is 16.4 Å². The molecule has 220 valence electrons. The second kappa shape index (κ2) is 14.6. The maximum Gasteiger partial charge on any atom is 0.377 e. The standard InChI is InChI=1S/C27H49N3O8/c1-16(2)14-18(29-22(33)17(28)12-13-20(31)37-26(6,7)8)23(34)30-19(15-36-25(3,4)5)21(32)24(35)38-27(9,10)11/h16-19H,12-15,28H2,1-11H3,(H,29,33)(H,30,34)/t17-,18-,19-/m0/s1. The minimum atomic E-state index is -1.33. The van der Waals surface area contributed by atoms with Crippen LogP contribution in [0, 0.1) is 5.92 Å². The van der Waals surface area contributed by atoms with Crippen molar-refractivity contribution >= 4 is 29.5 Å². The van der Waals surface area contributed by atoms with Crippen LogP contribution >= 0.6 is 0 Å². The highest BCUT2D eigenvalue weighted by Gasteiger charge is 2.35. The summed E-state index contributed by atoms with van der Waals surface area (Å²) in [5, 5.41) is 5.15. The lowest BCUT2D eigenvalue weighted by Crippen LogP contribution is -2.57. The lowest BCUT2D eigenvalue weighted by Gasteiger charge is -2.28.